The lowest BCUT2D eigenvalue weighted by molar-refractivity contribution is 0.444. The van der Waals surface area contributed by atoms with Crippen LogP contribution < -0.4 is 5.73 Å². The molecule has 0 amide bonds. The monoisotopic (exact) mass is 254 g/mol. The highest BCUT2D eigenvalue weighted by Gasteiger charge is 2.33. The fourth-order valence-electron chi connectivity index (χ4n) is 2.30. The van der Waals surface area contributed by atoms with Crippen molar-refractivity contribution in [2.24, 2.45) is 5.73 Å². The van der Waals surface area contributed by atoms with Crippen molar-refractivity contribution >= 4 is 15.9 Å². The van der Waals surface area contributed by atoms with Gasteiger partial charge in [0.15, 0.2) is 0 Å². The highest BCUT2D eigenvalue weighted by atomic mass is 79.9. The maximum Gasteiger partial charge on any atom is 0.0632 e. The predicted octanol–water partition coefficient (Wildman–Crippen LogP) is 2.88. The van der Waals surface area contributed by atoms with E-state index < -0.39 is 0 Å². The molecule has 3 heteroatoms. The molecule has 76 valence electrons. The first-order valence-electron chi connectivity index (χ1n) is 5.03. The second-order valence-corrected chi connectivity index (χ2v) is 5.10. The van der Waals surface area contributed by atoms with E-state index in [4.69, 9.17) is 5.73 Å². The second-order valence-electron chi connectivity index (χ2n) is 4.18. The lowest BCUT2D eigenvalue weighted by Gasteiger charge is -2.24. The van der Waals surface area contributed by atoms with Gasteiger partial charge in [-0.2, -0.15) is 0 Å². The number of aryl methyl sites for hydroxylation is 1. The van der Waals surface area contributed by atoms with Crippen LogP contribution in [0.2, 0.25) is 0 Å². The lowest BCUT2D eigenvalue weighted by atomic mass is 9.91. The van der Waals surface area contributed by atoms with Crippen LogP contribution in [0.3, 0.4) is 0 Å². The first-order chi connectivity index (χ1) is 6.62. The summed E-state index contributed by atoms with van der Waals surface area (Å²) in [6.45, 7) is 2.08. The van der Waals surface area contributed by atoms with Crippen LogP contribution in [0.25, 0.3) is 0 Å². The molecule has 0 saturated heterocycles. The maximum atomic E-state index is 6.35. The van der Waals surface area contributed by atoms with E-state index in [1.54, 1.807) is 0 Å². The molecule has 1 heterocycles. The Labute approximate surface area is 93.0 Å². The summed E-state index contributed by atoms with van der Waals surface area (Å²) in [4.78, 5) is 4.46. The van der Waals surface area contributed by atoms with E-state index in [0.717, 1.165) is 23.0 Å². The number of hydrogen-bond donors (Lipinski definition) is 1. The Bertz CT molecular complexity index is 343. The molecule has 0 bridgehead atoms. The van der Waals surface area contributed by atoms with Gasteiger partial charge in [0.05, 0.1) is 11.2 Å². The van der Waals surface area contributed by atoms with Crippen LogP contribution in [0.4, 0.5) is 0 Å². The van der Waals surface area contributed by atoms with E-state index in [-0.39, 0.29) is 5.54 Å². The van der Waals surface area contributed by atoms with Gasteiger partial charge in [0, 0.05) is 10.7 Å². The summed E-state index contributed by atoms with van der Waals surface area (Å²) in [5.41, 5.74) is 8.47. The number of nitrogens with zero attached hydrogens (tertiary/aromatic N) is 1. The molecule has 1 aromatic rings. The molecule has 0 aromatic carbocycles. The third-order valence-electron chi connectivity index (χ3n) is 3.01. The molecular weight excluding hydrogens is 240 g/mol. The number of pyridine rings is 1. The summed E-state index contributed by atoms with van der Waals surface area (Å²) in [6, 6.07) is 2.09. The third-order valence-corrected chi connectivity index (χ3v) is 3.45. The van der Waals surface area contributed by atoms with E-state index in [0.29, 0.717) is 0 Å². The Morgan fingerprint density at radius 3 is 2.64 bits per heavy atom. The number of aromatic nitrogens is 1. The first-order valence-corrected chi connectivity index (χ1v) is 5.83. The quantitative estimate of drug-likeness (QED) is 0.838. The van der Waals surface area contributed by atoms with Crippen molar-refractivity contribution < 1.29 is 0 Å². The zero-order valence-electron chi connectivity index (χ0n) is 8.39. The number of hydrogen-bond acceptors (Lipinski definition) is 2. The Morgan fingerprint density at radius 2 is 2.07 bits per heavy atom. The van der Waals surface area contributed by atoms with Crippen molar-refractivity contribution in [3.05, 3.63) is 28.0 Å². The summed E-state index contributed by atoms with van der Waals surface area (Å²) in [7, 11) is 0. The third kappa shape index (κ3) is 1.71. The molecule has 1 aromatic heterocycles. The topological polar surface area (TPSA) is 38.9 Å². The SMILES string of the molecule is Cc1cc(Br)cnc1C1(N)CCCC1. The number of rotatable bonds is 1. The smallest absolute Gasteiger partial charge is 0.0632 e. The Morgan fingerprint density at radius 1 is 1.43 bits per heavy atom. The highest BCUT2D eigenvalue weighted by molar-refractivity contribution is 9.10. The highest BCUT2D eigenvalue weighted by Crippen LogP contribution is 2.36. The average molecular weight is 255 g/mol. The van der Waals surface area contributed by atoms with Gasteiger partial charge >= 0.3 is 0 Å². The molecule has 2 rings (SSSR count). The number of nitrogens with two attached hydrogens (primary N) is 1. The fourth-order valence-corrected chi connectivity index (χ4v) is 2.75. The van der Waals surface area contributed by atoms with E-state index in [1.165, 1.54) is 18.4 Å². The van der Waals surface area contributed by atoms with Crippen LogP contribution in [0.1, 0.15) is 36.9 Å². The minimum atomic E-state index is -0.162. The van der Waals surface area contributed by atoms with Gasteiger partial charge in [0.2, 0.25) is 0 Å². The summed E-state index contributed by atoms with van der Waals surface area (Å²) in [5.74, 6) is 0. The standard InChI is InChI=1S/C11H15BrN2/c1-8-6-9(12)7-14-10(8)11(13)4-2-3-5-11/h6-7H,2-5,13H2,1H3. The van der Waals surface area contributed by atoms with Crippen LogP contribution in [0.15, 0.2) is 16.7 Å². The van der Waals surface area contributed by atoms with Gasteiger partial charge in [0.25, 0.3) is 0 Å². The van der Waals surface area contributed by atoms with Gasteiger partial charge in [-0.3, -0.25) is 4.98 Å². The van der Waals surface area contributed by atoms with E-state index >= 15 is 0 Å². The van der Waals surface area contributed by atoms with Crippen molar-refractivity contribution in [3.8, 4) is 0 Å². The van der Waals surface area contributed by atoms with Gasteiger partial charge in [-0.05, 0) is 47.3 Å². The minimum Gasteiger partial charge on any atom is -0.320 e. The van der Waals surface area contributed by atoms with Gasteiger partial charge < -0.3 is 5.73 Å². The molecule has 1 aliphatic carbocycles. The Balaban J connectivity index is 2.40. The lowest BCUT2D eigenvalue weighted by Crippen LogP contribution is -2.35. The maximum absolute atomic E-state index is 6.35. The predicted molar refractivity (Wildman–Crippen MR) is 61.0 cm³/mol. The summed E-state index contributed by atoms with van der Waals surface area (Å²) in [6.07, 6.45) is 6.45. The normalized spacial score (nSPS) is 19.9. The molecule has 0 unspecified atom stereocenters. The molecule has 0 spiro atoms. The molecular formula is C11H15BrN2. The zero-order valence-corrected chi connectivity index (χ0v) is 9.97. The molecule has 0 radical (unpaired) electrons. The molecule has 2 nitrogen and oxygen atoms in total. The largest absolute Gasteiger partial charge is 0.320 e. The van der Waals surface area contributed by atoms with Crippen LogP contribution in [-0.2, 0) is 5.54 Å². The van der Waals surface area contributed by atoms with Gasteiger partial charge in [-0.25, -0.2) is 0 Å². The van der Waals surface area contributed by atoms with Gasteiger partial charge in [-0.1, -0.05) is 12.8 Å². The van der Waals surface area contributed by atoms with Crippen LogP contribution in [-0.4, -0.2) is 4.98 Å². The molecule has 1 aliphatic rings. The number of halogens is 1. The molecule has 0 atom stereocenters. The fraction of sp³-hybridized carbons (Fsp3) is 0.545. The van der Waals surface area contributed by atoms with Crippen LogP contribution in [0, 0.1) is 6.92 Å². The average Bonchev–Trinajstić information content (AvgIpc) is 2.52. The molecule has 14 heavy (non-hydrogen) atoms. The van der Waals surface area contributed by atoms with E-state index in [2.05, 4.69) is 33.9 Å². The summed E-state index contributed by atoms with van der Waals surface area (Å²) >= 11 is 3.42. The van der Waals surface area contributed by atoms with E-state index in [1.807, 2.05) is 6.20 Å². The van der Waals surface area contributed by atoms with Gasteiger partial charge in [0.1, 0.15) is 0 Å². The second kappa shape index (κ2) is 3.63. The van der Waals surface area contributed by atoms with Crippen molar-refractivity contribution in [1.82, 2.24) is 4.98 Å². The molecule has 1 fully saturated rings. The Hall–Kier alpha value is -0.410. The molecule has 0 aliphatic heterocycles. The van der Waals surface area contributed by atoms with Crippen LogP contribution >= 0.6 is 15.9 Å². The summed E-state index contributed by atoms with van der Waals surface area (Å²) < 4.78 is 1.03. The van der Waals surface area contributed by atoms with Crippen molar-refractivity contribution in [1.29, 1.82) is 0 Å². The van der Waals surface area contributed by atoms with Crippen LogP contribution in [0.5, 0.6) is 0 Å². The van der Waals surface area contributed by atoms with Crippen molar-refractivity contribution in [3.63, 3.8) is 0 Å². The van der Waals surface area contributed by atoms with Crippen molar-refractivity contribution in [2.75, 3.05) is 0 Å². The molecule has 1 saturated carbocycles. The first kappa shape index (κ1) is 10.1. The van der Waals surface area contributed by atoms with Crippen molar-refractivity contribution in [2.45, 2.75) is 38.1 Å². The Kier molecular flexibility index (Phi) is 2.62. The summed E-state index contributed by atoms with van der Waals surface area (Å²) in [5, 5.41) is 0. The zero-order chi connectivity index (χ0) is 10.2. The van der Waals surface area contributed by atoms with Gasteiger partial charge in [-0.15, -0.1) is 0 Å². The minimum absolute atomic E-state index is 0.162. The molecule has 2 N–H and O–H groups in total. The van der Waals surface area contributed by atoms with E-state index in [9.17, 15) is 0 Å².